The van der Waals surface area contributed by atoms with Crippen molar-refractivity contribution in [3.63, 3.8) is 0 Å². The lowest BCUT2D eigenvalue weighted by atomic mass is 9.87. The van der Waals surface area contributed by atoms with Gasteiger partial charge in [-0.15, -0.1) is 0 Å². The quantitative estimate of drug-likeness (QED) is 0.786. The Kier molecular flexibility index (Phi) is 6.96. The van der Waals surface area contributed by atoms with Crippen molar-refractivity contribution >= 4 is 5.91 Å². The summed E-state index contributed by atoms with van der Waals surface area (Å²) in [5, 5.41) is 9.21. The number of nitrogens with zero attached hydrogens (tertiary/aromatic N) is 1. The van der Waals surface area contributed by atoms with Gasteiger partial charge in [0, 0.05) is 25.0 Å². The number of hydrogen-bond acceptors (Lipinski definition) is 3. The van der Waals surface area contributed by atoms with E-state index >= 15 is 0 Å². The van der Waals surface area contributed by atoms with Gasteiger partial charge in [0.25, 0.3) is 0 Å². The van der Waals surface area contributed by atoms with Crippen LogP contribution in [0.2, 0.25) is 0 Å². The average molecular weight is 284 g/mol. The highest BCUT2D eigenvalue weighted by molar-refractivity contribution is 5.77. The molecule has 0 spiro atoms. The summed E-state index contributed by atoms with van der Waals surface area (Å²) in [5.41, 5.74) is 6.26. The highest BCUT2D eigenvalue weighted by atomic mass is 16.3. The summed E-state index contributed by atoms with van der Waals surface area (Å²) in [5.74, 6) is 0.114. The second-order valence-corrected chi connectivity index (χ2v) is 7.33. The molecule has 1 amide bonds. The third-order valence-corrected chi connectivity index (χ3v) is 3.99. The number of rotatable bonds is 6. The van der Waals surface area contributed by atoms with Gasteiger partial charge in [0.05, 0.1) is 6.61 Å². The van der Waals surface area contributed by atoms with Gasteiger partial charge in [0.2, 0.25) is 5.91 Å². The van der Waals surface area contributed by atoms with Gasteiger partial charge in [-0.2, -0.15) is 0 Å². The van der Waals surface area contributed by atoms with E-state index in [-0.39, 0.29) is 24.0 Å². The molecular weight excluding hydrogens is 252 g/mol. The molecule has 3 N–H and O–H groups in total. The molecule has 1 fully saturated rings. The Hall–Kier alpha value is -0.610. The van der Waals surface area contributed by atoms with Crippen LogP contribution in [-0.4, -0.2) is 41.1 Å². The molecule has 4 nitrogen and oxygen atoms in total. The third kappa shape index (κ3) is 6.23. The number of nitrogens with two attached hydrogens (primary N) is 1. The van der Waals surface area contributed by atoms with E-state index in [0.717, 1.165) is 19.3 Å². The standard InChI is InChI=1S/C16H32N2O2/c1-16(2,3)12-13(17)11-15(20)18(9-10-19)14-7-5-4-6-8-14/h13-14,19H,4-12,17H2,1-3H3. The van der Waals surface area contributed by atoms with Gasteiger partial charge in [0.1, 0.15) is 0 Å². The van der Waals surface area contributed by atoms with Crippen LogP contribution in [0.1, 0.15) is 65.7 Å². The molecule has 1 rings (SSSR count). The van der Waals surface area contributed by atoms with E-state index in [1.165, 1.54) is 19.3 Å². The van der Waals surface area contributed by atoms with Crippen LogP contribution in [0.25, 0.3) is 0 Å². The SMILES string of the molecule is CC(C)(C)CC(N)CC(=O)N(CCO)C1CCCCC1. The molecule has 4 heteroatoms. The molecule has 0 aliphatic heterocycles. The molecule has 20 heavy (non-hydrogen) atoms. The molecule has 1 unspecified atom stereocenters. The second kappa shape index (κ2) is 7.99. The first-order valence-electron chi connectivity index (χ1n) is 7.99. The van der Waals surface area contributed by atoms with Crippen molar-refractivity contribution in [3.05, 3.63) is 0 Å². The van der Waals surface area contributed by atoms with Crippen LogP contribution in [0, 0.1) is 5.41 Å². The van der Waals surface area contributed by atoms with Crippen molar-refractivity contribution in [1.82, 2.24) is 4.90 Å². The van der Waals surface area contributed by atoms with Crippen molar-refractivity contribution in [2.75, 3.05) is 13.2 Å². The summed E-state index contributed by atoms with van der Waals surface area (Å²) in [4.78, 5) is 14.3. The van der Waals surface area contributed by atoms with Gasteiger partial charge in [-0.25, -0.2) is 0 Å². The fourth-order valence-corrected chi connectivity index (χ4v) is 3.21. The van der Waals surface area contributed by atoms with Crippen LogP contribution < -0.4 is 5.73 Å². The monoisotopic (exact) mass is 284 g/mol. The largest absolute Gasteiger partial charge is 0.395 e. The van der Waals surface area contributed by atoms with E-state index in [1.807, 2.05) is 4.90 Å². The molecule has 118 valence electrons. The Bertz CT molecular complexity index is 293. The number of carbonyl (C=O) groups excluding carboxylic acids is 1. The van der Waals surface area contributed by atoms with E-state index < -0.39 is 0 Å². The minimum atomic E-state index is -0.0905. The first kappa shape index (κ1) is 17.4. The fraction of sp³-hybridized carbons (Fsp3) is 0.938. The molecule has 1 aliphatic carbocycles. The normalized spacial score (nSPS) is 18.9. The van der Waals surface area contributed by atoms with Crippen LogP contribution in [-0.2, 0) is 4.79 Å². The lowest BCUT2D eigenvalue weighted by Gasteiger charge is -2.35. The maximum Gasteiger partial charge on any atom is 0.224 e. The zero-order valence-corrected chi connectivity index (χ0v) is 13.4. The van der Waals surface area contributed by atoms with Crippen LogP contribution in [0.3, 0.4) is 0 Å². The Morgan fingerprint density at radius 3 is 2.40 bits per heavy atom. The molecule has 0 aromatic rings. The van der Waals surface area contributed by atoms with E-state index in [9.17, 15) is 9.90 Å². The van der Waals surface area contributed by atoms with Gasteiger partial charge in [-0.1, -0.05) is 40.0 Å². The molecule has 0 heterocycles. The van der Waals surface area contributed by atoms with Gasteiger partial charge >= 0.3 is 0 Å². The molecular formula is C16H32N2O2. The number of aliphatic hydroxyl groups excluding tert-OH is 1. The molecule has 1 atom stereocenters. The van der Waals surface area contributed by atoms with Crippen LogP contribution in [0.5, 0.6) is 0 Å². The van der Waals surface area contributed by atoms with Crippen molar-refractivity contribution < 1.29 is 9.90 Å². The third-order valence-electron chi connectivity index (χ3n) is 3.99. The summed E-state index contributed by atoms with van der Waals surface area (Å²) in [6.45, 7) is 6.92. The number of carbonyl (C=O) groups is 1. The van der Waals surface area contributed by atoms with E-state index in [1.54, 1.807) is 0 Å². The predicted molar refractivity (Wildman–Crippen MR) is 82.3 cm³/mol. The lowest BCUT2D eigenvalue weighted by Crippen LogP contribution is -2.45. The second-order valence-electron chi connectivity index (χ2n) is 7.33. The topological polar surface area (TPSA) is 66.6 Å². The van der Waals surface area contributed by atoms with Gasteiger partial charge in [-0.05, 0) is 24.7 Å². The first-order chi connectivity index (χ1) is 9.33. The van der Waals surface area contributed by atoms with Crippen LogP contribution in [0.4, 0.5) is 0 Å². The Morgan fingerprint density at radius 2 is 1.90 bits per heavy atom. The van der Waals surface area contributed by atoms with Crippen LogP contribution >= 0.6 is 0 Å². The minimum absolute atomic E-state index is 0.0384. The zero-order chi connectivity index (χ0) is 15.2. The van der Waals surface area contributed by atoms with Crippen molar-refractivity contribution in [2.45, 2.75) is 77.8 Å². The predicted octanol–water partition coefficient (Wildman–Crippen LogP) is 2.29. The Labute approximate surface area is 123 Å². The van der Waals surface area contributed by atoms with Crippen molar-refractivity contribution in [2.24, 2.45) is 11.1 Å². The molecule has 0 aromatic heterocycles. The summed E-state index contributed by atoms with van der Waals surface area (Å²) in [6.07, 6.45) is 7.02. The number of amides is 1. The molecule has 0 bridgehead atoms. The smallest absolute Gasteiger partial charge is 0.224 e. The van der Waals surface area contributed by atoms with Gasteiger partial charge in [0.15, 0.2) is 0 Å². The number of hydrogen-bond donors (Lipinski definition) is 2. The summed E-state index contributed by atoms with van der Waals surface area (Å²) < 4.78 is 0. The number of aliphatic hydroxyl groups is 1. The Balaban J connectivity index is 2.54. The average Bonchev–Trinajstić information content (AvgIpc) is 2.34. The van der Waals surface area contributed by atoms with Crippen LogP contribution in [0.15, 0.2) is 0 Å². The maximum absolute atomic E-state index is 12.5. The van der Waals surface area contributed by atoms with E-state index in [2.05, 4.69) is 20.8 Å². The first-order valence-corrected chi connectivity index (χ1v) is 7.99. The fourth-order valence-electron chi connectivity index (χ4n) is 3.21. The Morgan fingerprint density at radius 1 is 1.30 bits per heavy atom. The van der Waals surface area contributed by atoms with Gasteiger partial charge in [-0.3, -0.25) is 4.79 Å². The molecule has 0 saturated heterocycles. The molecule has 1 aliphatic rings. The zero-order valence-electron chi connectivity index (χ0n) is 13.4. The summed E-state index contributed by atoms with van der Waals surface area (Å²) in [6, 6.07) is 0.220. The summed E-state index contributed by atoms with van der Waals surface area (Å²) in [7, 11) is 0. The minimum Gasteiger partial charge on any atom is -0.395 e. The summed E-state index contributed by atoms with van der Waals surface area (Å²) >= 11 is 0. The highest BCUT2D eigenvalue weighted by Crippen LogP contribution is 2.25. The molecule has 1 saturated carbocycles. The van der Waals surface area contributed by atoms with Crippen molar-refractivity contribution in [1.29, 1.82) is 0 Å². The lowest BCUT2D eigenvalue weighted by molar-refractivity contribution is -0.135. The van der Waals surface area contributed by atoms with E-state index in [4.69, 9.17) is 5.73 Å². The molecule has 0 aromatic carbocycles. The maximum atomic E-state index is 12.5. The molecule has 0 radical (unpaired) electrons. The van der Waals surface area contributed by atoms with Gasteiger partial charge < -0.3 is 15.7 Å². The van der Waals surface area contributed by atoms with Crippen molar-refractivity contribution in [3.8, 4) is 0 Å². The van der Waals surface area contributed by atoms with E-state index in [0.29, 0.717) is 19.0 Å². The highest BCUT2D eigenvalue weighted by Gasteiger charge is 2.27.